The summed E-state index contributed by atoms with van der Waals surface area (Å²) in [6.07, 6.45) is 4.35. The molecule has 0 amide bonds. The van der Waals surface area contributed by atoms with Crippen molar-refractivity contribution in [3.05, 3.63) is 12.7 Å². The number of aromatic nitrogens is 3. The summed E-state index contributed by atoms with van der Waals surface area (Å²) in [6, 6.07) is 0. The minimum atomic E-state index is 0.432. The normalized spacial score (nSPS) is 10.8. The van der Waals surface area contributed by atoms with Crippen LogP contribution >= 0.6 is 0 Å². The van der Waals surface area contributed by atoms with E-state index in [2.05, 4.69) is 15.2 Å². The van der Waals surface area contributed by atoms with Crippen molar-refractivity contribution >= 4 is 6.34 Å². The molecule has 0 radical (unpaired) electrons. The molecule has 1 heterocycles. The molecule has 1 aromatic rings. The second-order valence-electron chi connectivity index (χ2n) is 1.92. The van der Waals surface area contributed by atoms with Gasteiger partial charge in [0.1, 0.15) is 19.3 Å². The monoisotopic (exact) mass is 170 g/mol. The van der Waals surface area contributed by atoms with Crippen LogP contribution in [-0.2, 0) is 9.57 Å². The fraction of sp³-hybridized carbons (Fsp3) is 0.500. The number of hydrogen-bond acceptors (Lipinski definition) is 5. The van der Waals surface area contributed by atoms with E-state index in [0.717, 1.165) is 0 Å². The molecule has 0 atom stereocenters. The third kappa shape index (κ3) is 3.11. The van der Waals surface area contributed by atoms with E-state index in [1.807, 2.05) is 0 Å². The van der Waals surface area contributed by atoms with Crippen LogP contribution in [0.15, 0.2) is 17.8 Å². The average molecular weight is 170 g/mol. The first-order valence-corrected chi connectivity index (χ1v) is 3.42. The van der Waals surface area contributed by atoms with Crippen molar-refractivity contribution in [1.29, 1.82) is 0 Å². The Labute approximate surface area is 69.8 Å². The van der Waals surface area contributed by atoms with Gasteiger partial charge in [-0.1, -0.05) is 5.16 Å². The summed E-state index contributed by atoms with van der Waals surface area (Å²) in [7, 11) is 1.60. The molecule has 6 nitrogen and oxygen atoms in total. The molecule has 0 aliphatic carbocycles. The molecule has 0 aliphatic heterocycles. The predicted molar refractivity (Wildman–Crippen MR) is 41.7 cm³/mol. The van der Waals surface area contributed by atoms with Crippen LogP contribution in [0.2, 0.25) is 0 Å². The predicted octanol–water partition coefficient (Wildman–Crippen LogP) is -0.268. The number of rotatable bonds is 5. The first-order chi connectivity index (χ1) is 5.93. The zero-order valence-electron chi connectivity index (χ0n) is 6.75. The Balaban J connectivity index is 2.14. The van der Waals surface area contributed by atoms with Gasteiger partial charge in [0.15, 0.2) is 6.34 Å². The van der Waals surface area contributed by atoms with Gasteiger partial charge in [-0.05, 0) is 0 Å². The topological polar surface area (TPSA) is 61.5 Å². The maximum Gasteiger partial charge on any atom is 0.158 e. The minimum absolute atomic E-state index is 0.432. The lowest BCUT2D eigenvalue weighted by atomic mass is 10.8. The first kappa shape index (κ1) is 8.66. The van der Waals surface area contributed by atoms with Gasteiger partial charge in [0, 0.05) is 7.11 Å². The number of methoxy groups -OCH3 is 1. The second-order valence-corrected chi connectivity index (χ2v) is 1.92. The van der Waals surface area contributed by atoms with E-state index in [0.29, 0.717) is 13.2 Å². The van der Waals surface area contributed by atoms with E-state index in [4.69, 9.17) is 9.57 Å². The van der Waals surface area contributed by atoms with Crippen LogP contribution in [0.25, 0.3) is 0 Å². The van der Waals surface area contributed by atoms with Gasteiger partial charge in [0.25, 0.3) is 0 Å². The molecule has 1 aromatic heterocycles. The van der Waals surface area contributed by atoms with Crippen molar-refractivity contribution < 1.29 is 9.57 Å². The minimum Gasteiger partial charge on any atom is -0.392 e. The maximum atomic E-state index is 4.80. The van der Waals surface area contributed by atoms with Gasteiger partial charge >= 0.3 is 0 Å². The molecule has 0 saturated heterocycles. The third-order valence-electron chi connectivity index (χ3n) is 1.06. The molecular formula is C6H10N4O2. The molecule has 0 spiro atoms. The molecule has 6 heteroatoms. The van der Waals surface area contributed by atoms with E-state index in [-0.39, 0.29) is 0 Å². The van der Waals surface area contributed by atoms with Gasteiger partial charge in [-0.25, -0.2) is 9.67 Å². The van der Waals surface area contributed by atoms with Crippen molar-refractivity contribution in [1.82, 2.24) is 14.8 Å². The van der Waals surface area contributed by atoms with E-state index in [1.165, 1.54) is 23.7 Å². The summed E-state index contributed by atoms with van der Waals surface area (Å²) >= 11 is 0. The summed E-state index contributed by atoms with van der Waals surface area (Å²) in [5.74, 6) is 0. The Hall–Kier alpha value is -1.43. The molecule has 0 aromatic carbocycles. The van der Waals surface area contributed by atoms with Crippen molar-refractivity contribution in [2.45, 2.75) is 0 Å². The fourth-order valence-electron chi connectivity index (χ4n) is 0.532. The van der Waals surface area contributed by atoms with Crippen molar-refractivity contribution in [3.63, 3.8) is 0 Å². The summed E-state index contributed by atoms with van der Waals surface area (Å²) in [5.41, 5.74) is 0. The summed E-state index contributed by atoms with van der Waals surface area (Å²) < 4.78 is 6.18. The van der Waals surface area contributed by atoms with E-state index in [9.17, 15) is 0 Å². The maximum absolute atomic E-state index is 4.80. The molecular weight excluding hydrogens is 160 g/mol. The summed E-state index contributed by atoms with van der Waals surface area (Å²) in [5, 5.41) is 7.39. The summed E-state index contributed by atoms with van der Waals surface area (Å²) in [4.78, 5) is 8.52. The smallest absolute Gasteiger partial charge is 0.158 e. The highest BCUT2D eigenvalue weighted by molar-refractivity contribution is 5.54. The average Bonchev–Trinajstić information content (AvgIpc) is 2.57. The highest BCUT2D eigenvalue weighted by atomic mass is 16.6. The van der Waals surface area contributed by atoms with Crippen LogP contribution < -0.4 is 0 Å². The molecule has 0 fully saturated rings. The number of oxime groups is 1. The van der Waals surface area contributed by atoms with Gasteiger partial charge in [0.2, 0.25) is 0 Å². The highest BCUT2D eigenvalue weighted by Crippen LogP contribution is 1.77. The molecule has 0 N–H and O–H groups in total. The van der Waals surface area contributed by atoms with Gasteiger partial charge < -0.3 is 9.57 Å². The number of nitrogens with zero attached hydrogens (tertiary/aromatic N) is 4. The lowest BCUT2D eigenvalue weighted by Gasteiger charge is -1.95. The standard InChI is InChI=1S/C6H10N4O2/c1-11-2-3-12-9-6-10-5-7-4-8-10/h4-6H,2-3H2,1H3. The van der Waals surface area contributed by atoms with Gasteiger partial charge in [-0.2, -0.15) is 5.10 Å². The lowest BCUT2D eigenvalue weighted by molar-refractivity contribution is 0.0754. The van der Waals surface area contributed by atoms with Gasteiger partial charge in [0.05, 0.1) is 6.61 Å². The molecule has 66 valence electrons. The van der Waals surface area contributed by atoms with E-state index in [1.54, 1.807) is 7.11 Å². The Bertz CT molecular complexity index is 221. The third-order valence-corrected chi connectivity index (χ3v) is 1.06. The van der Waals surface area contributed by atoms with Gasteiger partial charge in [-0.3, -0.25) is 0 Å². The molecule has 0 unspecified atom stereocenters. The van der Waals surface area contributed by atoms with Crippen LogP contribution in [0.5, 0.6) is 0 Å². The van der Waals surface area contributed by atoms with Crippen LogP contribution in [0.4, 0.5) is 0 Å². The molecule has 1 rings (SSSR count). The lowest BCUT2D eigenvalue weighted by Crippen LogP contribution is -2.00. The zero-order chi connectivity index (χ0) is 8.65. The largest absolute Gasteiger partial charge is 0.392 e. The Kier molecular flexibility index (Phi) is 3.79. The molecule has 0 bridgehead atoms. The van der Waals surface area contributed by atoms with E-state index < -0.39 is 0 Å². The SMILES string of the molecule is COCCON=Cn1cncn1. The Morgan fingerprint density at radius 2 is 2.50 bits per heavy atom. The van der Waals surface area contributed by atoms with Crippen molar-refractivity contribution in [2.24, 2.45) is 5.16 Å². The van der Waals surface area contributed by atoms with Crippen LogP contribution in [0, 0.1) is 0 Å². The number of hydrogen-bond donors (Lipinski definition) is 0. The first-order valence-electron chi connectivity index (χ1n) is 3.42. The highest BCUT2D eigenvalue weighted by Gasteiger charge is 1.83. The van der Waals surface area contributed by atoms with Crippen LogP contribution in [0.1, 0.15) is 0 Å². The zero-order valence-corrected chi connectivity index (χ0v) is 6.75. The Morgan fingerprint density at radius 3 is 3.17 bits per heavy atom. The molecule has 12 heavy (non-hydrogen) atoms. The van der Waals surface area contributed by atoms with Crippen LogP contribution in [-0.4, -0.2) is 41.4 Å². The quantitative estimate of drug-likeness (QED) is 0.264. The molecule has 0 aliphatic rings. The fourth-order valence-corrected chi connectivity index (χ4v) is 0.532. The van der Waals surface area contributed by atoms with Crippen molar-refractivity contribution in [2.75, 3.05) is 20.3 Å². The van der Waals surface area contributed by atoms with Gasteiger partial charge in [-0.15, -0.1) is 0 Å². The second kappa shape index (κ2) is 5.25. The number of ether oxygens (including phenoxy) is 1. The Morgan fingerprint density at radius 1 is 1.58 bits per heavy atom. The van der Waals surface area contributed by atoms with E-state index >= 15 is 0 Å². The summed E-state index contributed by atoms with van der Waals surface area (Å²) in [6.45, 7) is 0.955. The van der Waals surface area contributed by atoms with Crippen molar-refractivity contribution in [3.8, 4) is 0 Å². The van der Waals surface area contributed by atoms with Crippen LogP contribution in [0.3, 0.4) is 0 Å². The molecule has 0 saturated carbocycles.